The second-order valence-electron chi connectivity index (χ2n) is 8.09. The van der Waals surface area contributed by atoms with E-state index >= 15 is 0 Å². The number of halogens is 2. The van der Waals surface area contributed by atoms with Crippen molar-refractivity contribution < 1.29 is 9.13 Å². The molecular formula is C26H23ClFN5O. The predicted molar refractivity (Wildman–Crippen MR) is 133 cm³/mol. The molecule has 8 heteroatoms. The second kappa shape index (κ2) is 10.1. The SMILES string of the molecule is Fc1cccc(COc2ccc(Nc3ncnc4ccc(C=NN5CCCC5)cc34)cc2Cl)c1. The molecule has 0 bridgehead atoms. The zero-order chi connectivity index (χ0) is 23.3. The van der Waals surface area contributed by atoms with Crippen LogP contribution in [0, 0.1) is 5.82 Å². The van der Waals surface area contributed by atoms with Crippen molar-refractivity contribution in [3.05, 3.63) is 89.0 Å². The van der Waals surface area contributed by atoms with E-state index in [1.54, 1.807) is 24.3 Å². The molecule has 1 aliphatic heterocycles. The summed E-state index contributed by atoms with van der Waals surface area (Å²) in [4.78, 5) is 8.80. The lowest BCUT2D eigenvalue weighted by atomic mass is 10.1. The fourth-order valence-corrected chi connectivity index (χ4v) is 4.07. The number of rotatable bonds is 7. The van der Waals surface area contributed by atoms with Crippen molar-refractivity contribution in [2.24, 2.45) is 5.10 Å². The van der Waals surface area contributed by atoms with Gasteiger partial charge in [-0.2, -0.15) is 5.10 Å². The second-order valence-corrected chi connectivity index (χ2v) is 8.50. The Balaban J connectivity index is 1.32. The van der Waals surface area contributed by atoms with Gasteiger partial charge in [0, 0.05) is 24.2 Å². The van der Waals surface area contributed by atoms with Gasteiger partial charge in [-0.3, -0.25) is 5.01 Å². The van der Waals surface area contributed by atoms with Gasteiger partial charge >= 0.3 is 0 Å². The number of nitrogens with one attached hydrogen (secondary N) is 1. The first-order valence-electron chi connectivity index (χ1n) is 11.1. The third kappa shape index (κ3) is 5.26. The highest BCUT2D eigenvalue weighted by Gasteiger charge is 2.10. The van der Waals surface area contributed by atoms with Crippen LogP contribution in [-0.2, 0) is 6.61 Å². The summed E-state index contributed by atoms with van der Waals surface area (Å²) in [5.41, 5.74) is 3.31. The van der Waals surface area contributed by atoms with Crippen LogP contribution < -0.4 is 10.1 Å². The van der Waals surface area contributed by atoms with Gasteiger partial charge in [0.1, 0.15) is 30.3 Å². The molecule has 34 heavy (non-hydrogen) atoms. The summed E-state index contributed by atoms with van der Waals surface area (Å²) in [5.74, 6) is 0.893. The Labute approximate surface area is 202 Å². The van der Waals surface area contributed by atoms with Crippen LogP contribution in [-0.4, -0.2) is 34.3 Å². The number of aromatic nitrogens is 2. The minimum atomic E-state index is -0.297. The van der Waals surface area contributed by atoms with Crippen molar-refractivity contribution in [3.8, 4) is 5.75 Å². The van der Waals surface area contributed by atoms with Gasteiger partial charge < -0.3 is 10.1 Å². The van der Waals surface area contributed by atoms with E-state index in [4.69, 9.17) is 16.3 Å². The molecule has 1 aliphatic rings. The fraction of sp³-hybridized carbons (Fsp3) is 0.192. The molecule has 5 rings (SSSR count). The molecule has 0 atom stereocenters. The first kappa shape index (κ1) is 22.1. The van der Waals surface area contributed by atoms with Crippen molar-refractivity contribution in [2.75, 3.05) is 18.4 Å². The Morgan fingerprint density at radius 2 is 1.94 bits per heavy atom. The molecule has 172 valence electrons. The summed E-state index contributed by atoms with van der Waals surface area (Å²) in [6.07, 6.45) is 5.78. The summed E-state index contributed by atoms with van der Waals surface area (Å²) in [6, 6.07) is 17.7. The lowest BCUT2D eigenvalue weighted by Gasteiger charge is -2.12. The summed E-state index contributed by atoms with van der Waals surface area (Å²) in [6.45, 7) is 2.23. The largest absolute Gasteiger partial charge is 0.487 e. The van der Waals surface area contributed by atoms with E-state index in [1.807, 2.05) is 30.5 Å². The molecule has 1 saturated heterocycles. The molecule has 1 N–H and O–H groups in total. The van der Waals surface area contributed by atoms with Gasteiger partial charge in [0.05, 0.1) is 16.8 Å². The number of hydrogen-bond acceptors (Lipinski definition) is 6. The van der Waals surface area contributed by atoms with Crippen LogP contribution in [0.5, 0.6) is 5.75 Å². The van der Waals surface area contributed by atoms with Gasteiger partial charge in [0.25, 0.3) is 0 Å². The van der Waals surface area contributed by atoms with Crippen molar-refractivity contribution in [3.63, 3.8) is 0 Å². The van der Waals surface area contributed by atoms with Gasteiger partial charge in [-0.1, -0.05) is 29.8 Å². The molecule has 0 aliphatic carbocycles. The average Bonchev–Trinajstić information content (AvgIpc) is 3.36. The van der Waals surface area contributed by atoms with Crippen molar-refractivity contribution in [1.82, 2.24) is 15.0 Å². The molecular weight excluding hydrogens is 453 g/mol. The van der Waals surface area contributed by atoms with E-state index in [-0.39, 0.29) is 12.4 Å². The molecule has 0 amide bonds. The lowest BCUT2D eigenvalue weighted by Crippen LogP contribution is -2.11. The number of benzene rings is 3. The van der Waals surface area contributed by atoms with Crippen LogP contribution in [0.15, 0.2) is 72.1 Å². The highest BCUT2D eigenvalue weighted by Crippen LogP contribution is 2.31. The maximum absolute atomic E-state index is 13.4. The standard InChI is InChI=1S/C26H23ClFN5O/c27-23-14-21(7-9-25(23)34-16-19-4-3-5-20(28)12-19)32-26-22-13-18(6-8-24(22)29-17-30-26)15-31-33-10-1-2-11-33/h3-9,12-15,17H,1-2,10-11,16H2,(H,29,30,32). The minimum absolute atomic E-state index is 0.225. The molecule has 0 spiro atoms. The van der Waals surface area contributed by atoms with Crippen LogP contribution in [0.3, 0.4) is 0 Å². The summed E-state index contributed by atoms with van der Waals surface area (Å²) in [5, 5.41) is 11.3. The molecule has 0 radical (unpaired) electrons. The molecule has 1 fully saturated rings. The Morgan fingerprint density at radius 1 is 1.06 bits per heavy atom. The normalized spacial score (nSPS) is 13.6. The summed E-state index contributed by atoms with van der Waals surface area (Å²) in [7, 11) is 0. The number of hydrogen-bond donors (Lipinski definition) is 1. The summed E-state index contributed by atoms with van der Waals surface area (Å²) >= 11 is 6.45. The molecule has 1 aromatic heterocycles. The van der Waals surface area contributed by atoms with E-state index in [9.17, 15) is 4.39 Å². The molecule has 0 unspecified atom stereocenters. The van der Waals surface area contributed by atoms with E-state index in [0.29, 0.717) is 16.6 Å². The minimum Gasteiger partial charge on any atom is -0.487 e. The lowest BCUT2D eigenvalue weighted by molar-refractivity contribution is 0.306. The maximum Gasteiger partial charge on any atom is 0.141 e. The smallest absolute Gasteiger partial charge is 0.141 e. The van der Waals surface area contributed by atoms with Gasteiger partial charge in [0.15, 0.2) is 0 Å². The van der Waals surface area contributed by atoms with E-state index in [1.165, 1.54) is 31.3 Å². The van der Waals surface area contributed by atoms with Gasteiger partial charge in [-0.05, 0) is 66.4 Å². The van der Waals surface area contributed by atoms with Gasteiger partial charge in [0.2, 0.25) is 0 Å². The van der Waals surface area contributed by atoms with E-state index in [2.05, 4.69) is 25.4 Å². The fourth-order valence-electron chi connectivity index (χ4n) is 3.84. The Hall–Kier alpha value is -3.71. The first-order valence-corrected chi connectivity index (χ1v) is 11.5. The zero-order valence-electron chi connectivity index (χ0n) is 18.4. The van der Waals surface area contributed by atoms with Gasteiger partial charge in [-0.15, -0.1) is 0 Å². The van der Waals surface area contributed by atoms with E-state index < -0.39 is 0 Å². The molecule has 3 aromatic carbocycles. The Bertz CT molecular complexity index is 1340. The van der Waals surface area contributed by atoms with Crippen molar-refractivity contribution >= 4 is 40.2 Å². The number of fused-ring (bicyclic) bond motifs is 1. The van der Waals surface area contributed by atoms with Crippen LogP contribution in [0.2, 0.25) is 5.02 Å². The Morgan fingerprint density at radius 3 is 2.76 bits per heavy atom. The maximum atomic E-state index is 13.4. The number of ether oxygens (including phenoxy) is 1. The van der Waals surface area contributed by atoms with Gasteiger partial charge in [-0.25, -0.2) is 14.4 Å². The third-order valence-corrected chi connectivity index (χ3v) is 5.89. The Kier molecular flexibility index (Phi) is 6.53. The first-order chi connectivity index (χ1) is 16.6. The topological polar surface area (TPSA) is 62.6 Å². The van der Waals surface area contributed by atoms with Crippen LogP contribution in [0.1, 0.15) is 24.0 Å². The predicted octanol–water partition coefficient (Wildman–Crippen LogP) is 6.17. The monoisotopic (exact) mass is 475 g/mol. The van der Waals surface area contributed by atoms with Crippen molar-refractivity contribution in [1.29, 1.82) is 0 Å². The molecule has 6 nitrogen and oxygen atoms in total. The molecule has 0 saturated carbocycles. The van der Waals surface area contributed by atoms with Crippen LogP contribution in [0.25, 0.3) is 10.9 Å². The van der Waals surface area contributed by atoms with Crippen LogP contribution in [0.4, 0.5) is 15.9 Å². The van der Waals surface area contributed by atoms with Crippen LogP contribution >= 0.6 is 11.6 Å². The highest BCUT2D eigenvalue weighted by atomic mass is 35.5. The third-order valence-electron chi connectivity index (χ3n) is 5.59. The quantitative estimate of drug-likeness (QED) is 0.324. The number of anilines is 2. The highest BCUT2D eigenvalue weighted by molar-refractivity contribution is 6.32. The molecule has 2 heterocycles. The zero-order valence-corrected chi connectivity index (χ0v) is 19.2. The number of nitrogens with zero attached hydrogens (tertiary/aromatic N) is 4. The summed E-state index contributed by atoms with van der Waals surface area (Å²) < 4.78 is 19.1. The average molecular weight is 476 g/mol. The number of hydrazone groups is 1. The van der Waals surface area contributed by atoms with Crippen molar-refractivity contribution in [2.45, 2.75) is 19.4 Å². The molecule has 4 aromatic rings. The van der Waals surface area contributed by atoms with E-state index in [0.717, 1.165) is 40.8 Å².